The number of hydrogen-bond donors (Lipinski definition) is 1. The van der Waals surface area contributed by atoms with Gasteiger partial charge < -0.3 is 14.5 Å². The average molecular weight is 253 g/mol. The van der Waals surface area contributed by atoms with E-state index in [2.05, 4.69) is 36.0 Å². The summed E-state index contributed by atoms with van der Waals surface area (Å²) in [5.74, 6) is 0.159. The Morgan fingerprint density at radius 2 is 2.33 bits per heavy atom. The van der Waals surface area contributed by atoms with Crippen LogP contribution in [0.3, 0.4) is 0 Å². The van der Waals surface area contributed by atoms with Crippen LogP contribution >= 0.6 is 0 Å². The third kappa shape index (κ3) is 2.70. The highest BCUT2D eigenvalue weighted by molar-refractivity contribution is 5.85. The van der Waals surface area contributed by atoms with E-state index in [9.17, 15) is 4.79 Å². The van der Waals surface area contributed by atoms with E-state index >= 15 is 0 Å². The van der Waals surface area contributed by atoms with Crippen LogP contribution in [0, 0.1) is 5.92 Å². The van der Waals surface area contributed by atoms with Crippen molar-refractivity contribution in [2.75, 3.05) is 27.2 Å². The lowest BCUT2D eigenvalue weighted by molar-refractivity contribution is 0.0685. The summed E-state index contributed by atoms with van der Waals surface area (Å²) in [6.07, 6.45) is 0. The first-order chi connectivity index (χ1) is 8.47. The zero-order chi connectivity index (χ0) is 13.3. The molecular formula is C12H19N3O3. The molecule has 2 rings (SSSR count). The molecule has 100 valence electrons. The molecule has 2 atom stereocenters. The second kappa shape index (κ2) is 5.07. The highest BCUT2D eigenvalue weighted by Crippen LogP contribution is 2.21. The van der Waals surface area contributed by atoms with E-state index < -0.39 is 5.97 Å². The standard InChI is InChI=1S/C12H19N3O3/c1-8-5-15(7-11(8)14(2)3)6-9-4-10(12(16)17)13-18-9/h4,8,11H,5-7H2,1-3H3,(H,16,17). The Kier molecular flexibility index (Phi) is 3.68. The first-order valence-electron chi connectivity index (χ1n) is 6.05. The SMILES string of the molecule is CC1CN(Cc2cc(C(=O)O)no2)CC1N(C)C. The molecule has 2 heterocycles. The summed E-state index contributed by atoms with van der Waals surface area (Å²) in [5.41, 5.74) is -0.0265. The lowest BCUT2D eigenvalue weighted by Crippen LogP contribution is -2.34. The van der Waals surface area contributed by atoms with Gasteiger partial charge >= 0.3 is 5.97 Å². The van der Waals surface area contributed by atoms with E-state index in [0.29, 0.717) is 24.3 Å². The number of aromatic carboxylic acids is 1. The predicted molar refractivity (Wildman–Crippen MR) is 65.4 cm³/mol. The number of carboxylic acid groups (broad SMARTS) is 1. The van der Waals surface area contributed by atoms with Crippen LogP contribution in [-0.2, 0) is 6.54 Å². The normalized spacial score (nSPS) is 24.9. The molecule has 1 aromatic rings. The molecule has 0 amide bonds. The molecule has 1 aliphatic heterocycles. The molecule has 0 saturated carbocycles. The Morgan fingerprint density at radius 3 is 2.83 bits per heavy atom. The number of likely N-dealkylation sites (N-methyl/N-ethyl adjacent to an activating group) is 1. The van der Waals surface area contributed by atoms with Crippen molar-refractivity contribution in [2.24, 2.45) is 5.92 Å². The van der Waals surface area contributed by atoms with Crippen LogP contribution in [0.1, 0.15) is 23.2 Å². The first-order valence-corrected chi connectivity index (χ1v) is 6.05. The summed E-state index contributed by atoms with van der Waals surface area (Å²) in [7, 11) is 4.17. The van der Waals surface area contributed by atoms with Crippen molar-refractivity contribution < 1.29 is 14.4 Å². The maximum Gasteiger partial charge on any atom is 0.358 e. The molecule has 0 aromatic carbocycles. The van der Waals surface area contributed by atoms with Crippen molar-refractivity contribution in [2.45, 2.75) is 19.5 Å². The predicted octanol–water partition coefficient (Wildman–Crippen LogP) is 0.755. The molecule has 1 aliphatic rings. The van der Waals surface area contributed by atoms with Crippen LogP contribution in [0.25, 0.3) is 0 Å². The first kappa shape index (κ1) is 13.0. The zero-order valence-corrected chi connectivity index (χ0v) is 11.0. The van der Waals surface area contributed by atoms with Crippen LogP contribution in [0.5, 0.6) is 0 Å². The van der Waals surface area contributed by atoms with Gasteiger partial charge in [0.05, 0.1) is 6.54 Å². The molecule has 1 fully saturated rings. The summed E-state index contributed by atoms with van der Waals surface area (Å²) >= 11 is 0. The zero-order valence-electron chi connectivity index (χ0n) is 11.0. The molecule has 1 aromatic heterocycles. The average Bonchev–Trinajstić information content (AvgIpc) is 2.86. The van der Waals surface area contributed by atoms with Gasteiger partial charge in [0.1, 0.15) is 0 Å². The summed E-state index contributed by atoms with van der Waals surface area (Å²) in [5, 5.41) is 12.3. The van der Waals surface area contributed by atoms with Crippen molar-refractivity contribution in [3.8, 4) is 0 Å². The van der Waals surface area contributed by atoms with Crippen LogP contribution in [0.4, 0.5) is 0 Å². The Bertz CT molecular complexity index is 430. The Labute approximate surface area is 106 Å². The van der Waals surface area contributed by atoms with Crippen molar-refractivity contribution in [3.05, 3.63) is 17.5 Å². The Balaban J connectivity index is 1.96. The van der Waals surface area contributed by atoms with Crippen LogP contribution < -0.4 is 0 Å². The quantitative estimate of drug-likeness (QED) is 0.854. The lowest BCUT2D eigenvalue weighted by Gasteiger charge is -2.22. The molecule has 0 bridgehead atoms. The van der Waals surface area contributed by atoms with Gasteiger partial charge in [-0.25, -0.2) is 4.79 Å². The van der Waals surface area contributed by atoms with Gasteiger partial charge in [0.25, 0.3) is 0 Å². The highest BCUT2D eigenvalue weighted by Gasteiger charge is 2.31. The fraction of sp³-hybridized carbons (Fsp3) is 0.667. The van der Waals surface area contributed by atoms with Gasteiger partial charge in [0.2, 0.25) is 0 Å². The number of aromatic nitrogens is 1. The largest absolute Gasteiger partial charge is 0.476 e. The Hall–Kier alpha value is -1.40. The maximum absolute atomic E-state index is 10.7. The topological polar surface area (TPSA) is 69.8 Å². The molecule has 18 heavy (non-hydrogen) atoms. The molecule has 0 spiro atoms. The molecule has 0 aliphatic carbocycles. The van der Waals surface area contributed by atoms with Gasteiger partial charge in [-0.05, 0) is 20.0 Å². The fourth-order valence-corrected chi connectivity index (χ4v) is 2.56. The number of rotatable bonds is 4. The van der Waals surface area contributed by atoms with Crippen LogP contribution in [0.15, 0.2) is 10.6 Å². The minimum Gasteiger partial charge on any atom is -0.476 e. The summed E-state index contributed by atoms with van der Waals surface area (Å²) < 4.78 is 5.03. The monoisotopic (exact) mass is 253 g/mol. The fourth-order valence-electron chi connectivity index (χ4n) is 2.56. The smallest absolute Gasteiger partial charge is 0.358 e. The summed E-state index contributed by atoms with van der Waals surface area (Å²) in [4.78, 5) is 15.2. The van der Waals surface area contributed by atoms with Crippen molar-refractivity contribution in [3.63, 3.8) is 0 Å². The van der Waals surface area contributed by atoms with E-state index in [0.717, 1.165) is 13.1 Å². The number of nitrogens with zero attached hydrogens (tertiary/aromatic N) is 3. The number of hydrogen-bond acceptors (Lipinski definition) is 5. The second-order valence-corrected chi connectivity index (χ2v) is 5.19. The van der Waals surface area contributed by atoms with E-state index in [-0.39, 0.29) is 5.69 Å². The lowest BCUT2D eigenvalue weighted by atomic mass is 10.1. The molecule has 0 radical (unpaired) electrons. The van der Waals surface area contributed by atoms with Crippen molar-refractivity contribution in [1.29, 1.82) is 0 Å². The van der Waals surface area contributed by atoms with Crippen LogP contribution in [0.2, 0.25) is 0 Å². The van der Waals surface area contributed by atoms with Gasteiger partial charge in [0, 0.05) is 25.2 Å². The molecule has 6 heteroatoms. The second-order valence-electron chi connectivity index (χ2n) is 5.19. The minimum atomic E-state index is -1.05. The van der Waals surface area contributed by atoms with E-state index in [1.807, 2.05) is 0 Å². The third-order valence-corrected chi connectivity index (χ3v) is 3.47. The van der Waals surface area contributed by atoms with E-state index in [1.165, 1.54) is 6.07 Å². The van der Waals surface area contributed by atoms with E-state index in [1.54, 1.807) is 0 Å². The molecular weight excluding hydrogens is 234 g/mol. The van der Waals surface area contributed by atoms with Gasteiger partial charge in [-0.3, -0.25) is 4.90 Å². The highest BCUT2D eigenvalue weighted by atomic mass is 16.5. The van der Waals surface area contributed by atoms with Gasteiger partial charge in [-0.1, -0.05) is 12.1 Å². The molecule has 2 unspecified atom stereocenters. The third-order valence-electron chi connectivity index (χ3n) is 3.47. The van der Waals surface area contributed by atoms with Gasteiger partial charge in [-0.15, -0.1) is 0 Å². The van der Waals surface area contributed by atoms with Crippen molar-refractivity contribution >= 4 is 5.97 Å². The number of carbonyl (C=O) groups is 1. The Morgan fingerprint density at radius 1 is 1.61 bits per heavy atom. The molecule has 1 N–H and O–H groups in total. The maximum atomic E-state index is 10.7. The minimum absolute atomic E-state index is 0.0265. The summed E-state index contributed by atoms with van der Waals surface area (Å²) in [6.45, 7) is 4.81. The van der Waals surface area contributed by atoms with Gasteiger partial charge in [0.15, 0.2) is 11.5 Å². The van der Waals surface area contributed by atoms with Gasteiger partial charge in [-0.2, -0.15) is 0 Å². The van der Waals surface area contributed by atoms with E-state index in [4.69, 9.17) is 9.63 Å². The number of carboxylic acids is 1. The summed E-state index contributed by atoms with van der Waals surface area (Å²) in [6, 6.07) is 2.03. The van der Waals surface area contributed by atoms with Crippen LogP contribution in [-0.4, -0.2) is 59.3 Å². The molecule has 1 saturated heterocycles. The molecule has 6 nitrogen and oxygen atoms in total. The van der Waals surface area contributed by atoms with Crippen molar-refractivity contribution in [1.82, 2.24) is 15.0 Å². The number of likely N-dealkylation sites (tertiary alicyclic amines) is 1.